The van der Waals surface area contributed by atoms with E-state index in [9.17, 15) is 4.79 Å². The molecule has 0 spiro atoms. The molecule has 0 bridgehead atoms. The Morgan fingerprint density at radius 2 is 2.13 bits per heavy atom. The number of methoxy groups -OCH3 is 1. The number of fused-ring (bicyclic) bond motifs is 1. The number of urea groups is 1. The van der Waals surface area contributed by atoms with Crippen LogP contribution in [0, 0.1) is 11.8 Å². The van der Waals surface area contributed by atoms with Crippen molar-refractivity contribution < 1.29 is 19.0 Å². The second-order valence-corrected chi connectivity index (χ2v) is 8.57. The van der Waals surface area contributed by atoms with E-state index in [0.29, 0.717) is 37.2 Å². The van der Waals surface area contributed by atoms with Crippen LogP contribution in [0.1, 0.15) is 38.7 Å². The Kier molecular flexibility index (Phi) is 6.65. The summed E-state index contributed by atoms with van der Waals surface area (Å²) in [5.41, 5.74) is 1.72. The van der Waals surface area contributed by atoms with Crippen LogP contribution >= 0.6 is 0 Å². The molecule has 1 fully saturated rings. The van der Waals surface area contributed by atoms with Crippen molar-refractivity contribution in [3.63, 3.8) is 0 Å². The normalized spacial score (nSPS) is 22.4. The zero-order valence-corrected chi connectivity index (χ0v) is 18.5. The number of carbonyl (C=O) groups is 1. The Bertz CT molecular complexity index is 899. The summed E-state index contributed by atoms with van der Waals surface area (Å²) in [6, 6.07) is 5.98. The number of nitrogens with one attached hydrogen (secondary N) is 1. The van der Waals surface area contributed by atoms with E-state index >= 15 is 0 Å². The lowest BCUT2D eigenvalue weighted by Gasteiger charge is -2.41. The zero-order chi connectivity index (χ0) is 21.8. The number of carbonyl (C=O) groups excluding carboxylic acids is 1. The molecule has 2 amide bonds. The molecule has 2 heterocycles. The molecular formula is C23H32N4O4. The molecule has 2 aromatic rings. The quantitative estimate of drug-likeness (QED) is 0.718. The van der Waals surface area contributed by atoms with E-state index in [1.165, 1.54) is 6.42 Å². The summed E-state index contributed by atoms with van der Waals surface area (Å²) in [7, 11) is 1.66. The molecule has 2 aliphatic rings. The van der Waals surface area contributed by atoms with E-state index in [-0.39, 0.29) is 18.9 Å². The first-order valence-electron chi connectivity index (χ1n) is 11.0. The van der Waals surface area contributed by atoms with Crippen molar-refractivity contribution >= 4 is 11.7 Å². The van der Waals surface area contributed by atoms with Crippen molar-refractivity contribution in [3.8, 4) is 11.5 Å². The largest absolute Gasteiger partial charge is 0.454 e. The maximum absolute atomic E-state index is 13.4. The third kappa shape index (κ3) is 4.95. The van der Waals surface area contributed by atoms with Crippen molar-refractivity contribution in [2.75, 3.05) is 25.8 Å². The van der Waals surface area contributed by atoms with Crippen LogP contribution in [-0.2, 0) is 17.8 Å². The van der Waals surface area contributed by atoms with Gasteiger partial charge in [0.2, 0.25) is 6.79 Å². The zero-order valence-electron chi connectivity index (χ0n) is 18.5. The number of amides is 2. The average molecular weight is 429 g/mol. The monoisotopic (exact) mass is 428 g/mol. The van der Waals surface area contributed by atoms with Gasteiger partial charge in [-0.2, -0.15) is 5.10 Å². The van der Waals surface area contributed by atoms with Gasteiger partial charge >= 0.3 is 6.03 Å². The fourth-order valence-corrected chi connectivity index (χ4v) is 4.50. The molecule has 1 saturated carbocycles. The highest BCUT2D eigenvalue weighted by molar-refractivity contribution is 5.89. The fourth-order valence-electron chi connectivity index (χ4n) is 4.50. The molecule has 0 saturated heterocycles. The Labute approximate surface area is 183 Å². The number of benzene rings is 1. The van der Waals surface area contributed by atoms with Crippen LogP contribution in [0.15, 0.2) is 30.6 Å². The van der Waals surface area contributed by atoms with Crippen molar-refractivity contribution in [1.29, 1.82) is 0 Å². The van der Waals surface area contributed by atoms with Crippen LogP contribution in [0.4, 0.5) is 10.5 Å². The molecule has 1 aromatic carbocycles. The summed E-state index contributed by atoms with van der Waals surface area (Å²) in [5, 5.41) is 7.35. The van der Waals surface area contributed by atoms with Gasteiger partial charge in [-0.25, -0.2) is 4.79 Å². The van der Waals surface area contributed by atoms with Gasteiger partial charge in [0.05, 0.1) is 25.0 Å². The van der Waals surface area contributed by atoms with Gasteiger partial charge in [0.1, 0.15) is 0 Å². The Morgan fingerprint density at radius 1 is 1.29 bits per heavy atom. The predicted octanol–water partition coefficient (Wildman–Crippen LogP) is 4.12. The number of anilines is 1. The predicted molar refractivity (Wildman–Crippen MR) is 117 cm³/mol. The number of ether oxygens (including phenoxy) is 3. The number of rotatable bonds is 7. The highest BCUT2D eigenvalue weighted by atomic mass is 16.7. The Hall–Kier alpha value is -2.74. The Balaban J connectivity index is 1.52. The molecule has 3 unspecified atom stereocenters. The minimum Gasteiger partial charge on any atom is -0.454 e. The third-order valence-electron chi connectivity index (χ3n) is 6.52. The molecule has 31 heavy (non-hydrogen) atoms. The van der Waals surface area contributed by atoms with Crippen LogP contribution in [-0.4, -0.2) is 47.3 Å². The van der Waals surface area contributed by atoms with Crippen LogP contribution in [0.25, 0.3) is 0 Å². The maximum Gasteiger partial charge on any atom is 0.322 e. The first kappa shape index (κ1) is 21.5. The van der Waals surface area contributed by atoms with E-state index in [1.54, 1.807) is 18.0 Å². The van der Waals surface area contributed by atoms with Gasteiger partial charge in [-0.15, -0.1) is 0 Å². The number of hydrogen-bond acceptors (Lipinski definition) is 5. The number of hydrogen-bond donors (Lipinski definition) is 1. The van der Waals surface area contributed by atoms with Crippen molar-refractivity contribution in [1.82, 2.24) is 14.7 Å². The van der Waals surface area contributed by atoms with Gasteiger partial charge in [-0.05, 0) is 36.0 Å². The second kappa shape index (κ2) is 9.60. The van der Waals surface area contributed by atoms with Crippen molar-refractivity contribution in [3.05, 3.63) is 36.2 Å². The lowest BCUT2D eigenvalue weighted by atomic mass is 9.77. The van der Waals surface area contributed by atoms with E-state index in [0.717, 1.165) is 29.9 Å². The lowest BCUT2D eigenvalue weighted by Crippen LogP contribution is -2.48. The van der Waals surface area contributed by atoms with Gasteiger partial charge in [-0.3, -0.25) is 4.68 Å². The summed E-state index contributed by atoms with van der Waals surface area (Å²) in [6.45, 7) is 6.52. The topological polar surface area (TPSA) is 77.9 Å². The smallest absolute Gasteiger partial charge is 0.322 e. The van der Waals surface area contributed by atoms with Crippen LogP contribution in [0.5, 0.6) is 11.5 Å². The molecule has 1 aliphatic heterocycles. The van der Waals surface area contributed by atoms with Crippen molar-refractivity contribution in [2.45, 2.75) is 52.2 Å². The van der Waals surface area contributed by atoms with Crippen LogP contribution < -0.4 is 14.8 Å². The molecule has 1 aromatic heterocycles. The van der Waals surface area contributed by atoms with Gasteiger partial charge in [0.25, 0.3) is 0 Å². The molecule has 168 valence electrons. The molecule has 8 heteroatoms. The highest BCUT2D eigenvalue weighted by Gasteiger charge is 2.34. The number of aromatic nitrogens is 2. The fraction of sp³-hybridized carbons (Fsp3) is 0.565. The van der Waals surface area contributed by atoms with Crippen molar-refractivity contribution in [2.24, 2.45) is 11.8 Å². The van der Waals surface area contributed by atoms with Gasteiger partial charge in [0, 0.05) is 25.9 Å². The lowest BCUT2D eigenvalue weighted by molar-refractivity contribution is 0.102. The van der Waals surface area contributed by atoms with Crippen LogP contribution in [0.2, 0.25) is 0 Å². The third-order valence-corrected chi connectivity index (χ3v) is 6.52. The first-order valence-corrected chi connectivity index (χ1v) is 11.0. The minimum atomic E-state index is -0.102. The minimum absolute atomic E-state index is 0.102. The van der Waals surface area contributed by atoms with Gasteiger partial charge in [0.15, 0.2) is 11.5 Å². The standard InChI is InChI=1S/C23H32N4O4/c1-16-5-4-6-20(17(16)2)27(13-18-7-8-21-22(11-18)31-15-30-21)23(28)25-19-12-24-26(14-19)9-10-29-3/h7-8,11-12,14,16-17,20H,4-6,9-10,13,15H2,1-3H3,(H,25,28). The summed E-state index contributed by atoms with van der Waals surface area (Å²) in [4.78, 5) is 15.4. The molecule has 4 rings (SSSR count). The van der Waals surface area contributed by atoms with E-state index in [4.69, 9.17) is 14.2 Å². The highest BCUT2D eigenvalue weighted by Crippen LogP contribution is 2.36. The molecule has 0 radical (unpaired) electrons. The summed E-state index contributed by atoms with van der Waals surface area (Å²) < 4.78 is 17.8. The molecule has 8 nitrogen and oxygen atoms in total. The van der Waals surface area contributed by atoms with E-state index in [2.05, 4.69) is 24.3 Å². The molecule has 1 N–H and O–H groups in total. The van der Waals surface area contributed by atoms with Crippen LogP contribution in [0.3, 0.4) is 0 Å². The second-order valence-electron chi connectivity index (χ2n) is 8.57. The molecular weight excluding hydrogens is 396 g/mol. The van der Waals surface area contributed by atoms with Gasteiger partial charge < -0.3 is 24.4 Å². The summed E-state index contributed by atoms with van der Waals surface area (Å²) in [6.07, 6.45) is 6.87. The summed E-state index contributed by atoms with van der Waals surface area (Å²) in [5.74, 6) is 2.51. The van der Waals surface area contributed by atoms with E-state index < -0.39 is 0 Å². The first-order chi connectivity index (χ1) is 15.0. The average Bonchev–Trinajstić information content (AvgIpc) is 3.41. The molecule has 1 aliphatic carbocycles. The maximum atomic E-state index is 13.4. The SMILES string of the molecule is COCCn1cc(NC(=O)N(Cc2ccc3c(c2)OCO3)C2CCCC(C)C2C)cn1. The summed E-state index contributed by atoms with van der Waals surface area (Å²) >= 11 is 0. The Morgan fingerprint density at radius 3 is 2.97 bits per heavy atom. The molecule has 3 atom stereocenters. The number of nitrogens with zero attached hydrogens (tertiary/aromatic N) is 3. The van der Waals surface area contributed by atoms with E-state index in [1.807, 2.05) is 29.3 Å². The van der Waals surface area contributed by atoms with Gasteiger partial charge in [-0.1, -0.05) is 32.8 Å².